The number of para-hydroxylation sites is 1. The molecule has 0 saturated carbocycles. The van der Waals surface area contributed by atoms with Crippen LogP contribution in [0, 0.1) is 0 Å². The lowest BCUT2D eigenvalue weighted by atomic mass is 9.89. The Labute approximate surface area is 247 Å². The third kappa shape index (κ3) is 4.89. The number of benzene rings is 6. The molecular formula is C38H25F3N2. The van der Waals surface area contributed by atoms with E-state index < -0.39 is 11.7 Å². The molecule has 0 saturated heterocycles. The zero-order chi connectivity index (χ0) is 29.4. The van der Waals surface area contributed by atoms with Crippen LogP contribution in [0.2, 0.25) is 0 Å². The van der Waals surface area contributed by atoms with Gasteiger partial charge in [0.1, 0.15) is 5.82 Å². The fraction of sp³-hybridized carbons (Fsp3) is 0.0263. The summed E-state index contributed by atoms with van der Waals surface area (Å²) in [5.74, 6) is 0.397. The van der Waals surface area contributed by atoms with Crippen molar-refractivity contribution in [3.05, 3.63) is 157 Å². The van der Waals surface area contributed by atoms with Gasteiger partial charge < -0.3 is 0 Å². The second-order valence-corrected chi connectivity index (χ2v) is 10.3. The first-order chi connectivity index (χ1) is 21.0. The van der Waals surface area contributed by atoms with Gasteiger partial charge in [-0.15, -0.1) is 0 Å². The Morgan fingerprint density at radius 2 is 1.02 bits per heavy atom. The van der Waals surface area contributed by atoms with Gasteiger partial charge >= 0.3 is 6.18 Å². The Balaban J connectivity index is 1.53. The summed E-state index contributed by atoms with van der Waals surface area (Å²) in [5.41, 5.74) is 5.30. The van der Waals surface area contributed by atoms with Crippen LogP contribution in [0.1, 0.15) is 5.56 Å². The van der Waals surface area contributed by atoms with E-state index in [4.69, 9.17) is 0 Å². The van der Waals surface area contributed by atoms with Crippen molar-refractivity contribution < 1.29 is 13.2 Å². The van der Waals surface area contributed by atoms with Gasteiger partial charge in [-0.25, -0.2) is 4.98 Å². The standard InChI is InChI=1S/C38H25F3N2/c39-38(40,41)29-22-23-35(42-25-29)43(30-16-5-2-6-17-30)37-33-20-9-7-18-31(33)36(32-19-8-10-21-34(32)37)28-15-11-14-27(24-28)26-12-3-1-4-13-26/h1-25H. The average Bonchev–Trinajstić information content (AvgIpc) is 3.05. The van der Waals surface area contributed by atoms with Crippen molar-refractivity contribution in [3.8, 4) is 22.3 Å². The van der Waals surface area contributed by atoms with Crippen LogP contribution in [0.25, 0.3) is 43.8 Å². The van der Waals surface area contributed by atoms with Crippen LogP contribution in [-0.4, -0.2) is 4.98 Å². The second-order valence-electron chi connectivity index (χ2n) is 10.3. The number of halogens is 3. The lowest BCUT2D eigenvalue weighted by Crippen LogP contribution is -2.14. The molecule has 7 aromatic rings. The minimum absolute atomic E-state index is 0.397. The summed E-state index contributed by atoms with van der Waals surface area (Å²) >= 11 is 0. The molecule has 0 spiro atoms. The molecule has 0 fully saturated rings. The fourth-order valence-electron chi connectivity index (χ4n) is 5.78. The molecule has 1 aromatic heterocycles. The number of hydrogen-bond donors (Lipinski definition) is 0. The smallest absolute Gasteiger partial charge is 0.294 e. The topological polar surface area (TPSA) is 16.1 Å². The SMILES string of the molecule is FC(F)(F)c1ccc(N(c2ccccc2)c2c3ccccc3c(-c3cccc(-c4ccccc4)c3)c3ccccc23)nc1. The summed E-state index contributed by atoms with van der Waals surface area (Å²) in [5, 5.41) is 4.00. The first-order valence-electron chi connectivity index (χ1n) is 14.0. The van der Waals surface area contributed by atoms with E-state index in [1.807, 2.05) is 77.7 Å². The number of rotatable bonds is 5. The minimum atomic E-state index is -4.47. The van der Waals surface area contributed by atoms with Gasteiger partial charge in [0.05, 0.1) is 11.3 Å². The largest absolute Gasteiger partial charge is 0.417 e. The van der Waals surface area contributed by atoms with Gasteiger partial charge in [0, 0.05) is 22.7 Å². The van der Waals surface area contributed by atoms with Crippen molar-refractivity contribution in [3.63, 3.8) is 0 Å². The summed E-state index contributed by atoms with van der Waals surface area (Å²) in [7, 11) is 0. The van der Waals surface area contributed by atoms with E-state index in [2.05, 4.69) is 65.6 Å². The number of pyridine rings is 1. The average molecular weight is 567 g/mol. The van der Waals surface area contributed by atoms with Gasteiger partial charge in [-0.05, 0) is 63.4 Å². The van der Waals surface area contributed by atoms with Crippen molar-refractivity contribution in [1.29, 1.82) is 0 Å². The molecule has 6 aromatic carbocycles. The highest BCUT2D eigenvalue weighted by atomic mass is 19.4. The monoisotopic (exact) mass is 566 g/mol. The number of hydrogen-bond acceptors (Lipinski definition) is 2. The fourth-order valence-corrected chi connectivity index (χ4v) is 5.78. The van der Waals surface area contributed by atoms with E-state index in [9.17, 15) is 13.2 Å². The number of alkyl halides is 3. The van der Waals surface area contributed by atoms with Gasteiger partial charge in [-0.2, -0.15) is 13.2 Å². The van der Waals surface area contributed by atoms with E-state index >= 15 is 0 Å². The molecule has 0 amide bonds. The molecule has 0 bridgehead atoms. The molecule has 1 heterocycles. The maximum absolute atomic E-state index is 13.5. The molecule has 7 rings (SSSR count). The zero-order valence-corrected chi connectivity index (χ0v) is 23.0. The maximum Gasteiger partial charge on any atom is 0.417 e. The summed E-state index contributed by atoms with van der Waals surface area (Å²) in [6.45, 7) is 0. The van der Waals surface area contributed by atoms with Gasteiger partial charge in [-0.1, -0.05) is 115 Å². The van der Waals surface area contributed by atoms with Crippen LogP contribution >= 0.6 is 0 Å². The lowest BCUT2D eigenvalue weighted by Gasteiger charge is -2.28. The highest BCUT2D eigenvalue weighted by Crippen LogP contribution is 2.48. The van der Waals surface area contributed by atoms with E-state index in [1.54, 1.807) is 0 Å². The summed E-state index contributed by atoms with van der Waals surface area (Å²) in [6.07, 6.45) is -3.57. The Morgan fingerprint density at radius 1 is 0.488 bits per heavy atom. The molecule has 0 unspecified atom stereocenters. The van der Waals surface area contributed by atoms with Crippen molar-refractivity contribution >= 4 is 38.7 Å². The van der Waals surface area contributed by atoms with Gasteiger partial charge in [0.2, 0.25) is 0 Å². The van der Waals surface area contributed by atoms with Crippen molar-refractivity contribution in [2.24, 2.45) is 0 Å². The first-order valence-corrected chi connectivity index (χ1v) is 14.0. The molecule has 43 heavy (non-hydrogen) atoms. The van der Waals surface area contributed by atoms with Gasteiger partial charge in [-0.3, -0.25) is 4.90 Å². The van der Waals surface area contributed by atoms with E-state index in [-0.39, 0.29) is 0 Å². The number of anilines is 3. The minimum Gasteiger partial charge on any atom is -0.294 e. The molecule has 208 valence electrons. The number of aromatic nitrogens is 1. The molecule has 0 aliphatic rings. The lowest BCUT2D eigenvalue weighted by molar-refractivity contribution is -0.137. The van der Waals surface area contributed by atoms with E-state index in [0.29, 0.717) is 5.82 Å². The van der Waals surface area contributed by atoms with E-state index in [1.165, 1.54) is 6.07 Å². The molecule has 5 heteroatoms. The molecule has 0 atom stereocenters. The Hall–Kier alpha value is -5.42. The number of fused-ring (bicyclic) bond motifs is 2. The Bertz CT molecular complexity index is 2000. The van der Waals surface area contributed by atoms with E-state index in [0.717, 1.165) is 67.4 Å². The summed E-state index contributed by atoms with van der Waals surface area (Å²) < 4.78 is 40.4. The normalized spacial score (nSPS) is 11.6. The molecular weight excluding hydrogens is 541 g/mol. The predicted octanol–water partition coefficient (Wildman–Crippen LogP) is 11.2. The number of nitrogens with zero attached hydrogens (tertiary/aromatic N) is 2. The molecule has 2 nitrogen and oxygen atoms in total. The molecule has 0 aliphatic heterocycles. The van der Waals surface area contributed by atoms with Gasteiger partial charge in [0.15, 0.2) is 0 Å². The third-order valence-corrected chi connectivity index (χ3v) is 7.70. The molecule has 0 aliphatic carbocycles. The highest BCUT2D eigenvalue weighted by Gasteiger charge is 2.31. The summed E-state index contributed by atoms with van der Waals surface area (Å²) in [6, 6.07) is 47.4. The van der Waals surface area contributed by atoms with Gasteiger partial charge in [0.25, 0.3) is 0 Å². The Kier molecular flexibility index (Phi) is 6.63. The van der Waals surface area contributed by atoms with Crippen LogP contribution in [0.4, 0.5) is 30.4 Å². The molecule has 0 radical (unpaired) electrons. The van der Waals surface area contributed by atoms with Crippen LogP contribution in [0.15, 0.2) is 152 Å². The molecule has 0 N–H and O–H groups in total. The Morgan fingerprint density at radius 3 is 1.60 bits per heavy atom. The second kappa shape index (κ2) is 10.8. The highest BCUT2D eigenvalue weighted by molar-refractivity contribution is 6.22. The van der Waals surface area contributed by atoms with Crippen LogP contribution in [0.3, 0.4) is 0 Å². The van der Waals surface area contributed by atoms with Crippen molar-refractivity contribution in [2.45, 2.75) is 6.18 Å². The zero-order valence-electron chi connectivity index (χ0n) is 23.0. The predicted molar refractivity (Wildman–Crippen MR) is 170 cm³/mol. The van der Waals surface area contributed by atoms with Crippen LogP contribution in [-0.2, 0) is 6.18 Å². The third-order valence-electron chi connectivity index (χ3n) is 7.70. The summed E-state index contributed by atoms with van der Waals surface area (Å²) in [4.78, 5) is 6.30. The van der Waals surface area contributed by atoms with Crippen molar-refractivity contribution in [1.82, 2.24) is 4.98 Å². The first kappa shape index (κ1) is 26.5. The van der Waals surface area contributed by atoms with Crippen molar-refractivity contribution in [2.75, 3.05) is 4.90 Å². The van der Waals surface area contributed by atoms with Crippen LogP contribution < -0.4 is 4.90 Å². The maximum atomic E-state index is 13.5. The quantitative estimate of drug-likeness (QED) is 0.193. The van der Waals surface area contributed by atoms with Crippen LogP contribution in [0.5, 0.6) is 0 Å².